The highest BCUT2D eigenvalue weighted by Crippen LogP contribution is 2.35. The molecule has 1 atom stereocenters. The molecule has 0 spiro atoms. The van der Waals surface area contributed by atoms with Crippen molar-refractivity contribution < 1.29 is 18.7 Å². The molecule has 1 unspecified atom stereocenters. The minimum absolute atomic E-state index is 0.00639. The molecule has 0 aliphatic carbocycles. The van der Waals surface area contributed by atoms with Gasteiger partial charge in [0.2, 0.25) is 5.91 Å². The molecule has 1 N–H and O–H groups in total. The second-order valence-electron chi connectivity index (χ2n) is 5.83. The molecule has 0 bridgehead atoms. The van der Waals surface area contributed by atoms with Crippen LogP contribution in [0.15, 0.2) is 18.2 Å². The molecular weight excluding hydrogens is 331 g/mol. The van der Waals surface area contributed by atoms with E-state index >= 15 is 0 Å². The zero-order valence-corrected chi connectivity index (χ0v) is 15.2. The molecule has 132 valence electrons. The second kappa shape index (κ2) is 7.90. The van der Waals surface area contributed by atoms with Gasteiger partial charge < -0.3 is 19.7 Å². The summed E-state index contributed by atoms with van der Waals surface area (Å²) in [6, 6.07) is 3.10. The summed E-state index contributed by atoms with van der Waals surface area (Å²) in [5, 5.41) is 2.73. The molecule has 0 fully saturated rings. The minimum atomic E-state index is -0.495. The van der Waals surface area contributed by atoms with Crippen molar-refractivity contribution in [3.05, 3.63) is 35.2 Å². The van der Waals surface area contributed by atoms with E-state index in [2.05, 4.69) is 17.9 Å². The molecule has 1 aromatic carbocycles. The first kappa shape index (κ1) is 18.6. The molecule has 1 heterocycles. The number of ether oxygens (including phenoxy) is 2. The molecule has 1 aliphatic rings. The van der Waals surface area contributed by atoms with Crippen LogP contribution in [-0.2, 0) is 9.53 Å². The van der Waals surface area contributed by atoms with Gasteiger partial charge in [-0.15, -0.1) is 12.6 Å². The van der Waals surface area contributed by atoms with Crippen LogP contribution < -0.4 is 10.1 Å². The number of nitrogens with one attached hydrogen (secondary N) is 1. The molecule has 24 heavy (non-hydrogen) atoms. The predicted molar refractivity (Wildman–Crippen MR) is 94.5 cm³/mol. The first-order valence-corrected chi connectivity index (χ1v) is 8.24. The first-order valence-electron chi connectivity index (χ1n) is 7.72. The molecule has 1 aromatic rings. The van der Waals surface area contributed by atoms with Crippen LogP contribution in [0.25, 0.3) is 5.70 Å². The number of carbonyl (C=O) groups excluding carboxylic acids is 1. The van der Waals surface area contributed by atoms with Gasteiger partial charge in [0.15, 0.2) is 0 Å². The van der Waals surface area contributed by atoms with E-state index in [4.69, 9.17) is 9.47 Å². The van der Waals surface area contributed by atoms with Crippen LogP contribution in [0.5, 0.6) is 5.75 Å². The Kier molecular flexibility index (Phi) is 6.12. The monoisotopic (exact) mass is 354 g/mol. The molecule has 0 saturated carbocycles. The summed E-state index contributed by atoms with van der Waals surface area (Å²) in [5.74, 6) is -0.193. The van der Waals surface area contributed by atoms with E-state index in [0.29, 0.717) is 35.7 Å². The van der Waals surface area contributed by atoms with Crippen molar-refractivity contribution in [1.29, 1.82) is 0 Å². The highest BCUT2D eigenvalue weighted by molar-refractivity contribution is 7.80. The summed E-state index contributed by atoms with van der Waals surface area (Å²) in [5.41, 5.74) is 1.37. The lowest BCUT2D eigenvalue weighted by Gasteiger charge is -2.36. The number of rotatable bonds is 6. The van der Waals surface area contributed by atoms with Crippen molar-refractivity contribution in [3.63, 3.8) is 0 Å². The Morgan fingerprint density at radius 2 is 2.08 bits per heavy atom. The maximum Gasteiger partial charge on any atom is 0.248 e. The van der Waals surface area contributed by atoms with Crippen molar-refractivity contribution in [2.75, 3.05) is 27.4 Å². The number of amides is 1. The van der Waals surface area contributed by atoms with Crippen molar-refractivity contribution in [3.8, 4) is 5.75 Å². The molecule has 0 saturated heterocycles. The summed E-state index contributed by atoms with van der Waals surface area (Å²) < 4.78 is 24.7. The highest BCUT2D eigenvalue weighted by atomic mass is 32.1. The normalized spacial score (nSPS) is 17.8. The molecule has 1 amide bonds. The predicted octanol–water partition coefficient (Wildman–Crippen LogP) is 2.59. The van der Waals surface area contributed by atoms with E-state index in [1.165, 1.54) is 19.3 Å². The van der Waals surface area contributed by atoms with Crippen molar-refractivity contribution in [2.24, 2.45) is 0 Å². The van der Waals surface area contributed by atoms with Crippen LogP contribution in [-0.4, -0.2) is 43.7 Å². The number of nitrogens with zero attached hydrogens (tertiary/aromatic N) is 1. The van der Waals surface area contributed by atoms with Crippen molar-refractivity contribution in [1.82, 2.24) is 10.2 Å². The number of benzene rings is 1. The molecule has 2 rings (SSSR count). The fourth-order valence-electron chi connectivity index (χ4n) is 2.63. The van der Waals surface area contributed by atoms with E-state index < -0.39 is 5.50 Å². The van der Waals surface area contributed by atoms with Gasteiger partial charge in [0.25, 0.3) is 0 Å². The number of halogens is 1. The van der Waals surface area contributed by atoms with Crippen LogP contribution in [0, 0.1) is 5.82 Å². The van der Waals surface area contributed by atoms with Gasteiger partial charge in [0.1, 0.15) is 17.1 Å². The summed E-state index contributed by atoms with van der Waals surface area (Å²) in [6.45, 7) is 4.82. The quantitative estimate of drug-likeness (QED) is 0.771. The van der Waals surface area contributed by atoms with Gasteiger partial charge in [-0.3, -0.25) is 4.79 Å². The third-order valence-electron chi connectivity index (χ3n) is 3.90. The highest BCUT2D eigenvalue weighted by Gasteiger charge is 2.28. The summed E-state index contributed by atoms with van der Waals surface area (Å²) in [6.07, 6.45) is 1.47. The maximum atomic E-state index is 14.3. The van der Waals surface area contributed by atoms with Gasteiger partial charge in [-0.2, -0.15) is 0 Å². The zero-order chi connectivity index (χ0) is 17.9. The topological polar surface area (TPSA) is 50.8 Å². The molecular formula is C17H23FN2O3S. The Bertz CT molecular complexity index is 649. The fourth-order valence-corrected chi connectivity index (χ4v) is 3.00. The van der Waals surface area contributed by atoms with Crippen LogP contribution in [0.2, 0.25) is 0 Å². The van der Waals surface area contributed by atoms with E-state index in [9.17, 15) is 9.18 Å². The lowest BCUT2D eigenvalue weighted by atomic mass is 9.97. The zero-order valence-electron chi connectivity index (χ0n) is 14.3. The van der Waals surface area contributed by atoms with E-state index in [0.717, 1.165) is 0 Å². The van der Waals surface area contributed by atoms with Gasteiger partial charge in [0.05, 0.1) is 19.4 Å². The Balaban J connectivity index is 2.56. The third kappa shape index (κ3) is 3.84. The van der Waals surface area contributed by atoms with E-state index in [1.807, 2.05) is 18.7 Å². The molecule has 0 radical (unpaired) electrons. The fraction of sp³-hybridized carbons (Fsp3) is 0.471. The molecule has 5 nitrogen and oxygen atoms in total. The maximum absolute atomic E-state index is 14.3. The molecule has 7 heteroatoms. The van der Waals surface area contributed by atoms with Gasteiger partial charge in [-0.25, -0.2) is 4.39 Å². The number of carbonyl (C=O) groups is 1. The Labute approximate surface area is 147 Å². The standard InChI is InChI=1S/C17H23FN2O3S/c1-10(2)11-7-12(15(23-4)8-13(11)18)14-9-16(21)19-17(24)20(14)5-6-22-3/h7-10,17,24H,5-6H2,1-4H3,(H,19,21). The average molecular weight is 354 g/mol. The van der Waals surface area contributed by atoms with Gasteiger partial charge >= 0.3 is 0 Å². The number of hydrogen-bond acceptors (Lipinski definition) is 5. The van der Waals surface area contributed by atoms with Gasteiger partial charge in [-0.05, 0) is 17.5 Å². The van der Waals surface area contributed by atoms with Crippen LogP contribution >= 0.6 is 12.6 Å². The van der Waals surface area contributed by atoms with Crippen LogP contribution in [0.4, 0.5) is 4.39 Å². The third-order valence-corrected chi connectivity index (χ3v) is 4.30. The Morgan fingerprint density at radius 3 is 2.67 bits per heavy atom. The largest absolute Gasteiger partial charge is 0.496 e. The smallest absolute Gasteiger partial charge is 0.248 e. The van der Waals surface area contributed by atoms with Crippen LogP contribution in [0.1, 0.15) is 30.9 Å². The molecule has 0 aromatic heterocycles. The Morgan fingerprint density at radius 1 is 1.38 bits per heavy atom. The lowest BCUT2D eigenvalue weighted by molar-refractivity contribution is -0.117. The number of hydrogen-bond donors (Lipinski definition) is 2. The van der Waals surface area contributed by atoms with E-state index in [-0.39, 0.29) is 17.6 Å². The lowest BCUT2D eigenvalue weighted by Crippen LogP contribution is -2.48. The van der Waals surface area contributed by atoms with E-state index in [1.54, 1.807) is 13.2 Å². The summed E-state index contributed by atoms with van der Waals surface area (Å²) in [4.78, 5) is 13.8. The Hall–Kier alpha value is -1.73. The SMILES string of the molecule is COCCN1C(c2cc(C(C)C)c(F)cc2OC)=CC(=O)NC1S. The van der Waals surface area contributed by atoms with Crippen LogP contribution in [0.3, 0.4) is 0 Å². The minimum Gasteiger partial charge on any atom is -0.496 e. The number of methoxy groups -OCH3 is 2. The number of thiol groups is 1. The summed E-state index contributed by atoms with van der Waals surface area (Å²) >= 11 is 4.43. The van der Waals surface area contributed by atoms with Gasteiger partial charge in [-0.1, -0.05) is 13.8 Å². The first-order chi connectivity index (χ1) is 11.4. The van der Waals surface area contributed by atoms with Crippen molar-refractivity contribution in [2.45, 2.75) is 25.3 Å². The average Bonchev–Trinajstić information content (AvgIpc) is 2.52. The molecule has 1 aliphatic heterocycles. The van der Waals surface area contributed by atoms with Gasteiger partial charge in [0, 0.05) is 31.4 Å². The summed E-state index contributed by atoms with van der Waals surface area (Å²) in [7, 11) is 3.09. The van der Waals surface area contributed by atoms with Crippen molar-refractivity contribution >= 4 is 24.2 Å². The second-order valence-corrected chi connectivity index (χ2v) is 6.32.